The van der Waals surface area contributed by atoms with Crippen molar-refractivity contribution in [3.63, 3.8) is 0 Å². The van der Waals surface area contributed by atoms with E-state index >= 15 is 0 Å². The minimum Gasteiger partial charge on any atom is -0.493 e. The van der Waals surface area contributed by atoms with Crippen LogP contribution in [0.15, 0.2) is 90.0 Å². The lowest BCUT2D eigenvalue weighted by atomic mass is 10.1. The lowest BCUT2D eigenvalue weighted by molar-refractivity contribution is 0.0954. The number of methoxy groups -OCH3 is 2. The number of hydrazone groups is 1. The van der Waals surface area contributed by atoms with E-state index in [0.717, 1.165) is 16.9 Å². The summed E-state index contributed by atoms with van der Waals surface area (Å²) in [5.74, 6) is 1.45. The van der Waals surface area contributed by atoms with Gasteiger partial charge in [-0.1, -0.05) is 42.5 Å². The molecule has 0 aromatic heterocycles. The van der Waals surface area contributed by atoms with Crippen molar-refractivity contribution in [2.45, 2.75) is 6.61 Å². The zero-order valence-electron chi connectivity index (χ0n) is 18.4. The summed E-state index contributed by atoms with van der Waals surface area (Å²) in [4.78, 5) is 12.3. The van der Waals surface area contributed by atoms with Gasteiger partial charge < -0.3 is 14.2 Å². The molecule has 6 nitrogen and oxygen atoms in total. The lowest BCUT2D eigenvalue weighted by Gasteiger charge is -2.09. The van der Waals surface area contributed by atoms with Gasteiger partial charge in [-0.15, -0.1) is 0 Å². The third-order valence-electron chi connectivity index (χ3n) is 5.18. The molecule has 0 heterocycles. The van der Waals surface area contributed by atoms with E-state index in [9.17, 15) is 4.79 Å². The van der Waals surface area contributed by atoms with E-state index in [4.69, 9.17) is 14.2 Å². The fourth-order valence-corrected chi connectivity index (χ4v) is 3.44. The molecule has 0 aliphatic carbocycles. The molecular weight excluding hydrogens is 416 g/mol. The maximum atomic E-state index is 12.3. The molecule has 166 valence electrons. The summed E-state index contributed by atoms with van der Waals surface area (Å²) in [5, 5.41) is 6.42. The normalized spacial score (nSPS) is 10.8. The van der Waals surface area contributed by atoms with E-state index in [0.29, 0.717) is 23.7 Å². The monoisotopic (exact) mass is 440 g/mol. The summed E-state index contributed by atoms with van der Waals surface area (Å²) in [6.45, 7) is 0.482. The first-order valence-electron chi connectivity index (χ1n) is 10.4. The van der Waals surface area contributed by atoms with Crippen molar-refractivity contribution in [3.8, 4) is 17.2 Å². The van der Waals surface area contributed by atoms with E-state index in [1.165, 1.54) is 17.9 Å². The predicted molar refractivity (Wildman–Crippen MR) is 129 cm³/mol. The Morgan fingerprint density at radius 3 is 2.42 bits per heavy atom. The number of ether oxygens (including phenoxy) is 3. The van der Waals surface area contributed by atoms with Gasteiger partial charge in [-0.2, -0.15) is 5.10 Å². The average molecular weight is 440 g/mol. The largest absolute Gasteiger partial charge is 0.493 e. The third-order valence-corrected chi connectivity index (χ3v) is 5.18. The molecule has 1 N–H and O–H groups in total. The van der Waals surface area contributed by atoms with Gasteiger partial charge in [0.15, 0.2) is 11.5 Å². The molecule has 0 aliphatic heterocycles. The number of carbonyl (C=O) groups is 1. The Hall–Kier alpha value is -4.32. The van der Waals surface area contributed by atoms with Crippen molar-refractivity contribution in [1.29, 1.82) is 0 Å². The summed E-state index contributed by atoms with van der Waals surface area (Å²) < 4.78 is 16.4. The molecule has 4 aromatic carbocycles. The van der Waals surface area contributed by atoms with Crippen LogP contribution in [-0.4, -0.2) is 26.3 Å². The van der Waals surface area contributed by atoms with Crippen LogP contribution in [0, 0.1) is 0 Å². The SMILES string of the molecule is COc1ccc(C(=O)NN=Cc2ccc(OCc3cccc4ccccc34)cc2)cc1OC. The van der Waals surface area contributed by atoms with E-state index < -0.39 is 0 Å². The second-order valence-electron chi connectivity index (χ2n) is 7.26. The summed E-state index contributed by atoms with van der Waals surface area (Å²) >= 11 is 0. The van der Waals surface area contributed by atoms with E-state index in [-0.39, 0.29) is 5.91 Å². The number of benzene rings is 4. The molecule has 4 aromatic rings. The fourth-order valence-electron chi connectivity index (χ4n) is 3.44. The first-order chi connectivity index (χ1) is 16.2. The summed E-state index contributed by atoms with van der Waals surface area (Å²) in [6.07, 6.45) is 1.58. The quantitative estimate of drug-likeness (QED) is 0.302. The molecule has 0 aliphatic rings. The first-order valence-corrected chi connectivity index (χ1v) is 10.4. The van der Waals surface area contributed by atoms with Crippen LogP contribution in [0.5, 0.6) is 17.2 Å². The van der Waals surface area contributed by atoms with Crippen LogP contribution >= 0.6 is 0 Å². The topological polar surface area (TPSA) is 69.2 Å². The average Bonchev–Trinajstić information content (AvgIpc) is 2.87. The van der Waals surface area contributed by atoms with Gasteiger partial charge in [0.05, 0.1) is 20.4 Å². The smallest absolute Gasteiger partial charge is 0.271 e. The molecule has 33 heavy (non-hydrogen) atoms. The number of hydrogen-bond donors (Lipinski definition) is 1. The standard InChI is InChI=1S/C27H24N2O4/c1-31-25-15-12-21(16-26(25)32-2)27(30)29-28-17-19-10-13-23(14-11-19)33-18-22-8-5-7-20-6-3-4-9-24(20)22/h3-17H,18H2,1-2H3,(H,29,30). The highest BCUT2D eigenvalue weighted by molar-refractivity contribution is 5.95. The Kier molecular flexibility index (Phi) is 6.85. The number of amides is 1. The molecule has 0 saturated carbocycles. The highest BCUT2D eigenvalue weighted by Crippen LogP contribution is 2.27. The van der Waals surface area contributed by atoms with Crippen LogP contribution in [0.2, 0.25) is 0 Å². The Morgan fingerprint density at radius 2 is 1.64 bits per heavy atom. The molecule has 4 rings (SSSR count). The van der Waals surface area contributed by atoms with Crippen molar-refractivity contribution >= 4 is 22.9 Å². The van der Waals surface area contributed by atoms with Gasteiger partial charge in [-0.25, -0.2) is 5.43 Å². The van der Waals surface area contributed by atoms with Crippen LogP contribution in [0.3, 0.4) is 0 Å². The number of hydrogen-bond acceptors (Lipinski definition) is 5. The Balaban J connectivity index is 1.34. The molecule has 0 fully saturated rings. The number of nitrogens with zero attached hydrogens (tertiary/aromatic N) is 1. The molecule has 1 amide bonds. The molecule has 0 atom stereocenters. The van der Waals surface area contributed by atoms with Gasteiger partial charge in [-0.3, -0.25) is 4.79 Å². The minimum absolute atomic E-state index is 0.345. The maximum absolute atomic E-state index is 12.3. The second kappa shape index (κ2) is 10.3. The highest BCUT2D eigenvalue weighted by atomic mass is 16.5. The zero-order chi connectivity index (χ0) is 23.0. The molecule has 0 saturated heterocycles. The van der Waals surface area contributed by atoms with Gasteiger partial charge in [-0.05, 0) is 64.4 Å². The zero-order valence-corrected chi connectivity index (χ0v) is 18.4. The Bertz CT molecular complexity index is 1280. The molecule has 0 spiro atoms. The molecule has 0 unspecified atom stereocenters. The minimum atomic E-state index is -0.345. The van der Waals surface area contributed by atoms with Crippen LogP contribution in [-0.2, 0) is 6.61 Å². The van der Waals surface area contributed by atoms with Crippen molar-refractivity contribution in [2.75, 3.05) is 14.2 Å². The lowest BCUT2D eigenvalue weighted by Crippen LogP contribution is -2.17. The summed E-state index contributed by atoms with van der Waals surface area (Å²) in [6, 6.07) is 26.9. The van der Waals surface area contributed by atoms with E-state index in [1.54, 1.807) is 31.5 Å². The van der Waals surface area contributed by atoms with E-state index in [2.05, 4.69) is 34.8 Å². The molecule has 6 heteroatoms. The van der Waals surface area contributed by atoms with Gasteiger partial charge in [0.2, 0.25) is 0 Å². The van der Waals surface area contributed by atoms with Crippen molar-refractivity contribution in [1.82, 2.24) is 5.43 Å². The molecule has 0 radical (unpaired) electrons. The first kappa shape index (κ1) is 21.9. The van der Waals surface area contributed by atoms with Gasteiger partial charge >= 0.3 is 0 Å². The van der Waals surface area contributed by atoms with Gasteiger partial charge in [0.25, 0.3) is 5.91 Å². The van der Waals surface area contributed by atoms with Crippen LogP contribution in [0.25, 0.3) is 10.8 Å². The Labute approximate surface area is 192 Å². The summed E-state index contributed by atoms with van der Waals surface area (Å²) in [5.41, 5.74) is 4.91. The molecule has 0 bridgehead atoms. The Morgan fingerprint density at radius 1 is 0.879 bits per heavy atom. The number of carbonyl (C=O) groups excluding carboxylic acids is 1. The van der Waals surface area contributed by atoms with Crippen LogP contribution < -0.4 is 19.6 Å². The van der Waals surface area contributed by atoms with Crippen molar-refractivity contribution in [3.05, 3.63) is 102 Å². The highest BCUT2D eigenvalue weighted by Gasteiger charge is 2.10. The second-order valence-corrected chi connectivity index (χ2v) is 7.26. The third kappa shape index (κ3) is 5.30. The number of nitrogens with one attached hydrogen (secondary N) is 1. The number of fused-ring (bicyclic) bond motifs is 1. The van der Waals surface area contributed by atoms with Crippen molar-refractivity contribution in [2.24, 2.45) is 5.10 Å². The van der Waals surface area contributed by atoms with Crippen molar-refractivity contribution < 1.29 is 19.0 Å². The molecular formula is C27H24N2O4. The van der Waals surface area contributed by atoms with Crippen LogP contribution in [0.4, 0.5) is 0 Å². The van der Waals surface area contributed by atoms with Gasteiger partial charge in [0, 0.05) is 5.56 Å². The van der Waals surface area contributed by atoms with E-state index in [1.807, 2.05) is 42.5 Å². The predicted octanol–water partition coefficient (Wildman–Crippen LogP) is 5.20. The van der Waals surface area contributed by atoms with Gasteiger partial charge in [0.1, 0.15) is 12.4 Å². The van der Waals surface area contributed by atoms with Crippen LogP contribution in [0.1, 0.15) is 21.5 Å². The number of rotatable bonds is 8. The fraction of sp³-hybridized carbons (Fsp3) is 0.111. The summed E-state index contributed by atoms with van der Waals surface area (Å²) in [7, 11) is 3.06. The maximum Gasteiger partial charge on any atom is 0.271 e.